The van der Waals surface area contributed by atoms with Gasteiger partial charge in [0.15, 0.2) is 0 Å². The average molecular weight is 276 g/mol. The van der Waals surface area contributed by atoms with Crippen LogP contribution in [0.3, 0.4) is 0 Å². The van der Waals surface area contributed by atoms with Crippen LogP contribution in [-0.2, 0) is 12.8 Å². The zero-order valence-corrected chi connectivity index (χ0v) is 11.5. The minimum atomic E-state index is -0.162. The Balaban J connectivity index is 1.96. The second kappa shape index (κ2) is 4.93. The Bertz CT molecular complexity index is 624. The van der Waals surface area contributed by atoms with Crippen molar-refractivity contribution in [3.63, 3.8) is 0 Å². The molecule has 2 aromatic rings. The lowest BCUT2D eigenvalue weighted by atomic mass is 9.81. The number of aryl methyl sites for hydroxylation is 1. The second-order valence-corrected chi connectivity index (χ2v) is 5.60. The lowest BCUT2D eigenvalue weighted by Gasteiger charge is -2.25. The highest BCUT2D eigenvalue weighted by Crippen LogP contribution is 2.35. The molecule has 0 aliphatic heterocycles. The van der Waals surface area contributed by atoms with Crippen LogP contribution in [0.4, 0.5) is 4.39 Å². The highest BCUT2D eigenvalue weighted by Gasteiger charge is 2.24. The quantitative estimate of drug-likeness (QED) is 0.749. The second-order valence-electron chi connectivity index (χ2n) is 5.16. The summed E-state index contributed by atoms with van der Waals surface area (Å²) in [5.41, 5.74) is 4.45. The molecule has 1 aliphatic rings. The number of aromatic nitrogens is 1. The van der Waals surface area contributed by atoms with Crippen molar-refractivity contribution in [1.29, 1.82) is 0 Å². The van der Waals surface area contributed by atoms with Gasteiger partial charge in [-0.05, 0) is 73.1 Å². The summed E-state index contributed by atoms with van der Waals surface area (Å²) in [6.07, 6.45) is 4.56. The lowest BCUT2D eigenvalue weighted by molar-refractivity contribution is 0.526. The summed E-state index contributed by atoms with van der Waals surface area (Å²) in [7, 11) is 0. The summed E-state index contributed by atoms with van der Waals surface area (Å²) >= 11 is 5.98. The molecule has 0 bridgehead atoms. The molecule has 0 amide bonds. The highest BCUT2D eigenvalue weighted by molar-refractivity contribution is 6.30. The largest absolute Gasteiger partial charge is 0.261 e. The molecule has 1 atom stereocenters. The van der Waals surface area contributed by atoms with E-state index in [0.29, 0.717) is 5.02 Å². The van der Waals surface area contributed by atoms with Crippen LogP contribution < -0.4 is 0 Å². The number of halogens is 2. The normalized spacial score (nSPS) is 18.2. The minimum Gasteiger partial charge on any atom is -0.261 e. The van der Waals surface area contributed by atoms with Gasteiger partial charge in [-0.15, -0.1) is 0 Å². The predicted octanol–water partition coefficient (Wildman–Crippen LogP) is 4.46. The van der Waals surface area contributed by atoms with Crippen molar-refractivity contribution in [1.82, 2.24) is 4.98 Å². The van der Waals surface area contributed by atoms with Crippen molar-refractivity contribution in [2.45, 2.75) is 32.1 Å². The summed E-state index contributed by atoms with van der Waals surface area (Å²) in [6, 6.07) is 6.85. The first-order valence-corrected chi connectivity index (χ1v) is 6.91. The third kappa shape index (κ3) is 2.37. The summed E-state index contributed by atoms with van der Waals surface area (Å²) in [4.78, 5) is 4.45. The molecule has 1 aromatic carbocycles. The SMILES string of the molecule is Cc1ccnc2c1CCC(c1cc(Cl)ccc1F)C2. The Labute approximate surface area is 117 Å². The van der Waals surface area contributed by atoms with Crippen LogP contribution in [0.25, 0.3) is 0 Å². The van der Waals surface area contributed by atoms with Gasteiger partial charge in [-0.3, -0.25) is 4.98 Å². The maximum absolute atomic E-state index is 13.9. The molecule has 1 unspecified atom stereocenters. The van der Waals surface area contributed by atoms with Crippen LogP contribution >= 0.6 is 11.6 Å². The van der Waals surface area contributed by atoms with E-state index in [1.165, 1.54) is 17.2 Å². The molecule has 3 rings (SSSR count). The number of fused-ring (bicyclic) bond motifs is 1. The van der Waals surface area contributed by atoms with Gasteiger partial charge in [0.05, 0.1) is 0 Å². The monoisotopic (exact) mass is 275 g/mol. The number of benzene rings is 1. The molecule has 98 valence electrons. The molecule has 0 fully saturated rings. The smallest absolute Gasteiger partial charge is 0.126 e. The number of nitrogens with zero attached hydrogens (tertiary/aromatic N) is 1. The van der Waals surface area contributed by atoms with Gasteiger partial charge in [0.25, 0.3) is 0 Å². The summed E-state index contributed by atoms with van der Waals surface area (Å²) in [5.74, 6) is 0.0194. The van der Waals surface area contributed by atoms with Gasteiger partial charge in [-0.25, -0.2) is 4.39 Å². The fourth-order valence-corrected chi connectivity index (χ4v) is 3.09. The van der Waals surface area contributed by atoms with Gasteiger partial charge >= 0.3 is 0 Å². The van der Waals surface area contributed by atoms with E-state index in [-0.39, 0.29) is 11.7 Å². The van der Waals surface area contributed by atoms with E-state index in [1.807, 2.05) is 12.3 Å². The molecular weight excluding hydrogens is 261 g/mol. The van der Waals surface area contributed by atoms with Gasteiger partial charge in [-0.2, -0.15) is 0 Å². The standard InChI is InChI=1S/C16H15ClFN/c1-10-6-7-19-16-8-11(2-4-13(10)16)14-9-12(17)3-5-15(14)18/h3,5-7,9,11H,2,4,8H2,1H3. The van der Waals surface area contributed by atoms with E-state index in [2.05, 4.69) is 11.9 Å². The molecule has 1 heterocycles. The highest BCUT2D eigenvalue weighted by atomic mass is 35.5. The number of hydrogen-bond donors (Lipinski definition) is 0. The van der Waals surface area contributed by atoms with Crippen LogP contribution in [0.2, 0.25) is 5.02 Å². The van der Waals surface area contributed by atoms with E-state index >= 15 is 0 Å². The van der Waals surface area contributed by atoms with Crippen molar-refractivity contribution < 1.29 is 4.39 Å². The van der Waals surface area contributed by atoms with Crippen LogP contribution in [0, 0.1) is 12.7 Å². The number of rotatable bonds is 1. The maximum atomic E-state index is 13.9. The molecule has 0 saturated heterocycles. The molecule has 0 N–H and O–H groups in total. The van der Waals surface area contributed by atoms with Crippen molar-refractivity contribution in [2.24, 2.45) is 0 Å². The fraction of sp³-hybridized carbons (Fsp3) is 0.312. The lowest BCUT2D eigenvalue weighted by Crippen LogP contribution is -2.16. The molecule has 1 aliphatic carbocycles. The number of pyridine rings is 1. The van der Waals surface area contributed by atoms with Gasteiger partial charge < -0.3 is 0 Å². The van der Waals surface area contributed by atoms with Gasteiger partial charge in [0.2, 0.25) is 0 Å². The molecule has 3 heteroatoms. The molecule has 0 saturated carbocycles. The van der Waals surface area contributed by atoms with E-state index in [4.69, 9.17) is 11.6 Å². The Kier molecular flexibility index (Phi) is 3.28. The Morgan fingerprint density at radius 3 is 3.00 bits per heavy atom. The van der Waals surface area contributed by atoms with E-state index < -0.39 is 0 Å². The molecular formula is C16H15ClFN. The summed E-state index contributed by atoms with van der Waals surface area (Å²) < 4.78 is 13.9. The van der Waals surface area contributed by atoms with Gasteiger partial charge in [0.1, 0.15) is 5.82 Å². The van der Waals surface area contributed by atoms with Crippen molar-refractivity contribution in [3.05, 3.63) is 63.7 Å². The van der Waals surface area contributed by atoms with Gasteiger partial charge in [-0.1, -0.05) is 11.6 Å². The first kappa shape index (κ1) is 12.6. The van der Waals surface area contributed by atoms with Crippen molar-refractivity contribution in [2.75, 3.05) is 0 Å². The van der Waals surface area contributed by atoms with Crippen LogP contribution in [0.15, 0.2) is 30.5 Å². The third-order valence-electron chi connectivity index (χ3n) is 3.96. The zero-order chi connectivity index (χ0) is 13.4. The average Bonchev–Trinajstić information content (AvgIpc) is 2.41. The zero-order valence-electron chi connectivity index (χ0n) is 10.8. The van der Waals surface area contributed by atoms with Crippen molar-refractivity contribution in [3.8, 4) is 0 Å². The number of hydrogen-bond acceptors (Lipinski definition) is 1. The van der Waals surface area contributed by atoms with E-state index in [1.54, 1.807) is 12.1 Å². The van der Waals surface area contributed by atoms with Crippen LogP contribution in [0.5, 0.6) is 0 Å². The molecule has 19 heavy (non-hydrogen) atoms. The van der Waals surface area contributed by atoms with Gasteiger partial charge in [0, 0.05) is 16.9 Å². The van der Waals surface area contributed by atoms with Crippen LogP contribution in [0.1, 0.15) is 34.7 Å². The predicted molar refractivity (Wildman–Crippen MR) is 75.2 cm³/mol. The molecule has 0 radical (unpaired) electrons. The first-order valence-electron chi connectivity index (χ1n) is 6.53. The van der Waals surface area contributed by atoms with E-state index in [0.717, 1.165) is 30.5 Å². The van der Waals surface area contributed by atoms with Crippen LogP contribution in [-0.4, -0.2) is 4.98 Å². The topological polar surface area (TPSA) is 12.9 Å². The maximum Gasteiger partial charge on any atom is 0.126 e. The summed E-state index contributed by atoms with van der Waals surface area (Å²) in [5, 5.41) is 0.597. The van der Waals surface area contributed by atoms with E-state index in [9.17, 15) is 4.39 Å². The first-order chi connectivity index (χ1) is 9.15. The molecule has 0 spiro atoms. The summed E-state index contributed by atoms with van der Waals surface area (Å²) in [6.45, 7) is 2.11. The Morgan fingerprint density at radius 1 is 1.32 bits per heavy atom. The van der Waals surface area contributed by atoms with Crippen molar-refractivity contribution >= 4 is 11.6 Å². The molecule has 1 nitrogen and oxygen atoms in total. The molecule has 1 aromatic heterocycles. The Hall–Kier alpha value is -1.41. The Morgan fingerprint density at radius 2 is 2.16 bits per heavy atom. The minimum absolute atomic E-state index is 0.162. The third-order valence-corrected chi connectivity index (χ3v) is 4.19. The fourth-order valence-electron chi connectivity index (χ4n) is 2.91.